The van der Waals surface area contributed by atoms with Crippen LogP contribution in [0.25, 0.3) is 22.4 Å². The standard InChI is InChI=1S/C23H19ClN4O4S/c1-15-3-6-18(7-4-15)33(30,31)27-23(29)28-14-19(16-9-11-25-12-10-16)22(26-28)17-5-8-20(24)21(13-17)32-2/h3-14H,1-2H3,(H,27,29). The zero-order valence-electron chi connectivity index (χ0n) is 17.7. The van der Waals surface area contributed by atoms with Gasteiger partial charge < -0.3 is 4.74 Å². The minimum atomic E-state index is -4.08. The van der Waals surface area contributed by atoms with Gasteiger partial charge in [-0.15, -0.1) is 0 Å². The Labute approximate surface area is 195 Å². The van der Waals surface area contributed by atoms with E-state index in [9.17, 15) is 13.2 Å². The van der Waals surface area contributed by atoms with E-state index in [4.69, 9.17) is 16.3 Å². The maximum absolute atomic E-state index is 12.9. The van der Waals surface area contributed by atoms with Crippen molar-refractivity contribution in [3.8, 4) is 28.1 Å². The van der Waals surface area contributed by atoms with Crippen molar-refractivity contribution in [2.75, 3.05) is 7.11 Å². The molecule has 0 radical (unpaired) electrons. The Balaban J connectivity index is 1.75. The zero-order valence-corrected chi connectivity index (χ0v) is 19.3. The SMILES string of the molecule is COc1cc(-c2nn(C(=O)NS(=O)(=O)c3ccc(C)cc3)cc2-c2ccncc2)ccc1Cl. The van der Waals surface area contributed by atoms with Crippen molar-refractivity contribution in [2.24, 2.45) is 0 Å². The van der Waals surface area contributed by atoms with Crippen LogP contribution in [-0.4, -0.2) is 36.3 Å². The lowest BCUT2D eigenvalue weighted by Gasteiger charge is -2.07. The fraction of sp³-hybridized carbons (Fsp3) is 0.0870. The van der Waals surface area contributed by atoms with Crippen LogP contribution in [0.4, 0.5) is 4.79 Å². The lowest BCUT2D eigenvalue weighted by Crippen LogP contribution is -2.34. The van der Waals surface area contributed by atoms with Crippen LogP contribution < -0.4 is 9.46 Å². The maximum Gasteiger partial charge on any atom is 0.355 e. The van der Waals surface area contributed by atoms with E-state index in [1.165, 1.54) is 25.4 Å². The molecular formula is C23H19ClN4O4S. The van der Waals surface area contributed by atoms with E-state index >= 15 is 0 Å². The smallest absolute Gasteiger partial charge is 0.355 e. The molecule has 0 fully saturated rings. The minimum Gasteiger partial charge on any atom is -0.495 e. The summed E-state index contributed by atoms with van der Waals surface area (Å²) >= 11 is 6.15. The number of ether oxygens (including phenoxy) is 1. The van der Waals surface area contributed by atoms with E-state index < -0.39 is 16.1 Å². The first kappa shape index (κ1) is 22.5. The maximum atomic E-state index is 12.9. The molecule has 0 unspecified atom stereocenters. The minimum absolute atomic E-state index is 0.0226. The van der Waals surface area contributed by atoms with E-state index in [-0.39, 0.29) is 4.90 Å². The average molecular weight is 483 g/mol. The molecule has 0 bridgehead atoms. The molecule has 4 rings (SSSR count). The average Bonchev–Trinajstić information content (AvgIpc) is 3.26. The highest BCUT2D eigenvalue weighted by Crippen LogP contribution is 2.35. The van der Waals surface area contributed by atoms with Gasteiger partial charge in [-0.05, 0) is 48.9 Å². The van der Waals surface area contributed by atoms with Crippen molar-refractivity contribution in [3.63, 3.8) is 0 Å². The molecule has 10 heteroatoms. The number of pyridine rings is 1. The Hall–Kier alpha value is -3.69. The summed E-state index contributed by atoms with van der Waals surface area (Å²) in [7, 11) is -2.58. The number of carbonyl (C=O) groups excluding carboxylic acids is 1. The van der Waals surface area contributed by atoms with Crippen molar-refractivity contribution in [1.82, 2.24) is 19.5 Å². The lowest BCUT2D eigenvalue weighted by molar-refractivity contribution is 0.244. The number of carbonyl (C=O) groups is 1. The number of halogens is 1. The second-order valence-electron chi connectivity index (χ2n) is 7.14. The van der Waals surface area contributed by atoms with Gasteiger partial charge in [0.25, 0.3) is 10.0 Å². The van der Waals surface area contributed by atoms with Gasteiger partial charge in [0, 0.05) is 29.7 Å². The number of aryl methyl sites for hydroxylation is 1. The molecule has 2 aromatic heterocycles. The van der Waals surface area contributed by atoms with Gasteiger partial charge in [0.05, 0.1) is 17.0 Å². The number of hydrogen-bond acceptors (Lipinski definition) is 6. The lowest BCUT2D eigenvalue weighted by atomic mass is 10.0. The van der Waals surface area contributed by atoms with Gasteiger partial charge in [-0.3, -0.25) is 4.98 Å². The van der Waals surface area contributed by atoms with Crippen LogP contribution in [0.5, 0.6) is 5.75 Å². The fourth-order valence-corrected chi connectivity index (χ4v) is 4.31. The number of methoxy groups -OCH3 is 1. The normalized spacial score (nSPS) is 11.2. The van der Waals surface area contributed by atoms with E-state index in [0.717, 1.165) is 15.8 Å². The second kappa shape index (κ2) is 9.05. The molecule has 0 saturated carbocycles. The summed E-state index contributed by atoms with van der Waals surface area (Å²) in [6.45, 7) is 1.84. The summed E-state index contributed by atoms with van der Waals surface area (Å²) in [5, 5.41) is 4.80. The highest BCUT2D eigenvalue weighted by molar-refractivity contribution is 7.90. The number of rotatable bonds is 5. The zero-order chi connectivity index (χ0) is 23.6. The third-order valence-electron chi connectivity index (χ3n) is 4.89. The summed E-state index contributed by atoms with van der Waals surface area (Å²) in [6.07, 6.45) is 4.69. The topological polar surface area (TPSA) is 103 Å². The van der Waals surface area contributed by atoms with Crippen molar-refractivity contribution >= 4 is 27.7 Å². The number of amides is 1. The van der Waals surface area contributed by atoms with Gasteiger partial charge in [0.15, 0.2) is 0 Å². The largest absolute Gasteiger partial charge is 0.495 e. The van der Waals surface area contributed by atoms with E-state index in [1.807, 2.05) is 6.92 Å². The molecule has 0 aliphatic rings. The Morgan fingerprint density at radius 3 is 2.39 bits per heavy atom. The van der Waals surface area contributed by atoms with Gasteiger partial charge in [-0.1, -0.05) is 35.4 Å². The molecule has 33 heavy (non-hydrogen) atoms. The summed E-state index contributed by atoms with van der Waals surface area (Å²) in [5.74, 6) is 0.441. The monoisotopic (exact) mass is 482 g/mol. The fourth-order valence-electron chi connectivity index (χ4n) is 3.18. The molecule has 8 nitrogen and oxygen atoms in total. The predicted molar refractivity (Wildman–Crippen MR) is 125 cm³/mol. The molecule has 0 aliphatic carbocycles. The van der Waals surface area contributed by atoms with Gasteiger partial charge in [0.2, 0.25) is 0 Å². The first-order valence-corrected chi connectivity index (χ1v) is 11.6. The van der Waals surface area contributed by atoms with Gasteiger partial charge in [-0.2, -0.15) is 9.78 Å². The number of benzene rings is 2. The Bertz CT molecular complexity index is 1420. The summed E-state index contributed by atoms with van der Waals surface area (Å²) < 4.78 is 33.6. The van der Waals surface area contributed by atoms with Crippen LogP contribution in [0.3, 0.4) is 0 Å². The third-order valence-corrected chi connectivity index (χ3v) is 6.54. The van der Waals surface area contributed by atoms with Gasteiger partial charge >= 0.3 is 6.03 Å². The van der Waals surface area contributed by atoms with Crippen LogP contribution in [0.2, 0.25) is 5.02 Å². The molecule has 2 heterocycles. The molecule has 0 atom stereocenters. The summed E-state index contributed by atoms with van der Waals surface area (Å²) in [5.41, 5.74) is 3.33. The number of nitrogens with zero attached hydrogens (tertiary/aromatic N) is 3. The highest BCUT2D eigenvalue weighted by atomic mass is 35.5. The highest BCUT2D eigenvalue weighted by Gasteiger charge is 2.22. The van der Waals surface area contributed by atoms with E-state index in [0.29, 0.717) is 27.6 Å². The number of aromatic nitrogens is 3. The Morgan fingerprint density at radius 1 is 1.03 bits per heavy atom. The molecule has 4 aromatic rings. The third kappa shape index (κ3) is 4.74. The van der Waals surface area contributed by atoms with Crippen molar-refractivity contribution in [2.45, 2.75) is 11.8 Å². The molecule has 2 aromatic carbocycles. The van der Waals surface area contributed by atoms with Crippen LogP contribution in [0.1, 0.15) is 5.56 Å². The van der Waals surface area contributed by atoms with Crippen LogP contribution in [0.15, 0.2) is 78.1 Å². The Morgan fingerprint density at radius 2 is 1.73 bits per heavy atom. The first-order chi connectivity index (χ1) is 15.8. The molecule has 1 N–H and O–H groups in total. The van der Waals surface area contributed by atoms with Crippen LogP contribution in [0, 0.1) is 6.92 Å². The van der Waals surface area contributed by atoms with Gasteiger partial charge in [-0.25, -0.2) is 17.9 Å². The molecule has 1 amide bonds. The van der Waals surface area contributed by atoms with Crippen molar-refractivity contribution < 1.29 is 17.9 Å². The molecule has 0 aliphatic heterocycles. The number of hydrogen-bond donors (Lipinski definition) is 1. The van der Waals surface area contributed by atoms with Crippen molar-refractivity contribution in [1.29, 1.82) is 0 Å². The van der Waals surface area contributed by atoms with Gasteiger partial charge in [0.1, 0.15) is 11.4 Å². The quantitative estimate of drug-likeness (QED) is 0.448. The van der Waals surface area contributed by atoms with Crippen LogP contribution >= 0.6 is 11.6 Å². The molecule has 0 saturated heterocycles. The number of sulfonamides is 1. The first-order valence-electron chi connectivity index (χ1n) is 9.76. The molecule has 168 valence electrons. The number of nitrogens with one attached hydrogen (secondary N) is 1. The summed E-state index contributed by atoms with van der Waals surface area (Å²) in [4.78, 5) is 16.9. The van der Waals surface area contributed by atoms with Crippen molar-refractivity contribution in [3.05, 3.63) is 83.8 Å². The van der Waals surface area contributed by atoms with E-state index in [2.05, 4.69) is 14.8 Å². The molecule has 0 spiro atoms. The van der Waals surface area contributed by atoms with E-state index in [1.54, 1.807) is 54.9 Å². The second-order valence-corrected chi connectivity index (χ2v) is 9.23. The Kier molecular flexibility index (Phi) is 6.17. The predicted octanol–water partition coefficient (Wildman–Crippen LogP) is 4.53. The molecular weight excluding hydrogens is 464 g/mol. The summed E-state index contributed by atoms with van der Waals surface area (Å²) in [6, 6.07) is 13.9. The van der Waals surface area contributed by atoms with Crippen LogP contribution in [-0.2, 0) is 10.0 Å².